The number of nitrogens with zero attached hydrogens (tertiary/aromatic N) is 2. The summed E-state index contributed by atoms with van der Waals surface area (Å²) in [5.41, 5.74) is 2.83. The molecule has 0 saturated carbocycles. The lowest BCUT2D eigenvalue weighted by molar-refractivity contribution is -0.384. The van der Waals surface area contributed by atoms with Crippen LogP contribution in [0.15, 0.2) is 47.7 Å². The van der Waals surface area contributed by atoms with Crippen molar-refractivity contribution in [3.63, 3.8) is 0 Å². The van der Waals surface area contributed by atoms with Gasteiger partial charge in [0.2, 0.25) is 12.7 Å². The van der Waals surface area contributed by atoms with Gasteiger partial charge >= 0.3 is 0 Å². The molecule has 0 aromatic heterocycles. The number of fused-ring (bicyclic) bond motifs is 1. The summed E-state index contributed by atoms with van der Waals surface area (Å²) in [6.45, 7) is 5.96. The molecule has 0 radical (unpaired) electrons. The number of nitro benzene ring substituents is 1. The number of carbonyl (C=O) groups is 2. The second kappa shape index (κ2) is 7.43. The number of rotatable bonds is 3. The van der Waals surface area contributed by atoms with E-state index in [2.05, 4.69) is 0 Å². The highest BCUT2D eigenvalue weighted by atomic mass is 16.7. The fraction of sp³-hybridized carbons (Fsp3) is 0.360. The lowest BCUT2D eigenvalue weighted by Crippen LogP contribution is -2.44. The van der Waals surface area contributed by atoms with Crippen molar-refractivity contribution in [1.29, 1.82) is 0 Å². The van der Waals surface area contributed by atoms with E-state index in [1.54, 1.807) is 17.0 Å². The summed E-state index contributed by atoms with van der Waals surface area (Å²) in [7, 11) is 0. The lowest BCUT2D eigenvalue weighted by atomic mass is 9.69. The second-order valence-corrected chi connectivity index (χ2v) is 9.63. The summed E-state index contributed by atoms with van der Waals surface area (Å²) < 4.78 is 10.9. The zero-order valence-corrected chi connectivity index (χ0v) is 18.7. The SMILES string of the molecule is Cc1ccc([N+](=O)[O-])cc1N1C(=O)CC(c2ccc3c(c2)OCO3)C2=C1CC(C)(C)CC2=O. The minimum absolute atomic E-state index is 0.00417. The van der Waals surface area contributed by atoms with Crippen molar-refractivity contribution in [3.05, 3.63) is 68.9 Å². The molecular formula is C25H24N2O6. The summed E-state index contributed by atoms with van der Waals surface area (Å²) >= 11 is 0. The Kier molecular flexibility index (Phi) is 4.77. The first-order chi connectivity index (χ1) is 15.6. The first-order valence-electron chi connectivity index (χ1n) is 10.9. The molecule has 8 nitrogen and oxygen atoms in total. The molecule has 2 aromatic rings. The monoisotopic (exact) mass is 448 g/mol. The number of ether oxygens (including phenoxy) is 2. The average molecular weight is 448 g/mol. The second-order valence-electron chi connectivity index (χ2n) is 9.63. The smallest absolute Gasteiger partial charge is 0.271 e. The molecular weight excluding hydrogens is 424 g/mol. The van der Waals surface area contributed by atoms with Crippen LogP contribution < -0.4 is 14.4 Å². The van der Waals surface area contributed by atoms with E-state index >= 15 is 0 Å². The summed E-state index contributed by atoms with van der Waals surface area (Å²) in [6, 6.07) is 10.00. The highest BCUT2D eigenvalue weighted by molar-refractivity contribution is 6.08. The van der Waals surface area contributed by atoms with Gasteiger partial charge in [0.25, 0.3) is 5.69 Å². The molecule has 1 aliphatic carbocycles. The van der Waals surface area contributed by atoms with E-state index in [9.17, 15) is 19.7 Å². The molecule has 0 N–H and O–H groups in total. The first kappa shape index (κ1) is 21.2. The molecule has 170 valence electrons. The number of ketones is 1. The van der Waals surface area contributed by atoms with Crippen molar-refractivity contribution >= 4 is 23.1 Å². The van der Waals surface area contributed by atoms with Gasteiger partial charge in [-0.1, -0.05) is 26.0 Å². The van der Waals surface area contributed by atoms with Gasteiger partial charge in [-0.3, -0.25) is 24.6 Å². The molecule has 0 saturated heterocycles. The molecule has 0 fully saturated rings. The fourth-order valence-electron chi connectivity index (χ4n) is 5.06. The molecule has 3 aliphatic rings. The average Bonchev–Trinajstić information content (AvgIpc) is 3.20. The Morgan fingerprint density at radius 2 is 1.82 bits per heavy atom. The fourth-order valence-corrected chi connectivity index (χ4v) is 5.06. The van der Waals surface area contributed by atoms with Crippen LogP contribution in [0.25, 0.3) is 0 Å². The highest BCUT2D eigenvalue weighted by Crippen LogP contribution is 2.49. The quantitative estimate of drug-likeness (QED) is 0.494. The summed E-state index contributed by atoms with van der Waals surface area (Å²) in [5.74, 6) is 0.651. The number of carbonyl (C=O) groups excluding carboxylic acids is 2. The number of allylic oxidation sites excluding steroid dienone is 2. The lowest BCUT2D eigenvalue weighted by Gasteiger charge is -2.43. The van der Waals surface area contributed by atoms with Gasteiger partial charge in [-0.05, 0) is 42.0 Å². The van der Waals surface area contributed by atoms with E-state index in [0.29, 0.717) is 41.3 Å². The van der Waals surface area contributed by atoms with Crippen molar-refractivity contribution in [2.45, 2.75) is 46.0 Å². The molecule has 0 bridgehead atoms. The number of Topliss-reactive ketones (excluding diaryl/α,β-unsaturated/α-hetero) is 1. The van der Waals surface area contributed by atoms with Crippen molar-refractivity contribution in [3.8, 4) is 11.5 Å². The number of hydrogen-bond donors (Lipinski definition) is 0. The first-order valence-corrected chi connectivity index (χ1v) is 10.9. The Hall–Kier alpha value is -3.68. The Labute approximate surface area is 190 Å². The standard InChI is InChI=1S/C25H24N2O6/c1-14-4-6-16(27(30)31)9-18(14)26-19-11-25(2,3)12-20(28)24(19)17(10-23(26)29)15-5-7-21-22(8-15)33-13-32-21/h4-9,17H,10-13H2,1-3H3. The molecule has 1 amide bonds. The Balaban J connectivity index is 1.69. The number of amides is 1. The maximum atomic E-state index is 13.6. The van der Waals surface area contributed by atoms with Crippen LogP contribution in [0, 0.1) is 22.5 Å². The number of anilines is 1. The van der Waals surface area contributed by atoms with Crippen LogP contribution in [0.4, 0.5) is 11.4 Å². The van der Waals surface area contributed by atoms with E-state index < -0.39 is 10.8 Å². The number of hydrogen-bond acceptors (Lipinski definition) is 6. The summed E-state index contributed by atoms with van der Waals surface area (Å²) in [4.78, 5) is 39.5. The maximum absolute atomic E-state index is 13.6. The molecule has 2 aliphatic heterocycles. The summed E-state index contributed by atoms with van der Waals surface area (Å²) in [5, 5.41) is 11.4. The highest BCUT2D eigenvalue weighted by Gasteiger charge is 2.45. The molecule has 2 heterocycles. The van der Waals surface area contributed by atoms with Crippen LogP contribution in [0.5, 0.6) is 11.5 Å². The predicted octanol–water partition coefficient (Wildman–Crippen LogP) is 4.80. The van der Waals surface area contributed by atoms with Crippen molar-refractivity contribution in [2.75, 3.05) is 11.7 Å². The largest absolute Gasteiger partial charge is 0.454 e. The molecule has 1 atom stereocenters. The third-order valence-corrected chi connectivity index (χ3v) is 6.59. The number of non-ortho nitro benzene ring substituents is 1. The third-order valence-electron chi connectivity index (χ3n) is 6.59. The number of nitro groups is 1. The van der Waals surface area contributed by atoms with Crippen LogP contribution in [0.3, 0.4) is 0 Å². The number of benzene rings is 2. The molecule has 0 spiro atoms. The van der Waals surface area contributed by atoms with Gasteiger partial charge in [-0.15, -0.1) is 0 Å². The Bertz CT molecular complexity index is 1250. The van der Waals surface area contributed by atoms with Crippen molar-refractivity contribution < 1.29 is 24.0 Å². The van der Waals surface area contributed by atoms with E-state index in [4.69, 9.17) is 9.47 Å². The topological polar surface area (TPSA) is 99.0 Å². The van der Waals surface area contributed by atoms with Crippen LogP contribution in [-0.2, 0) is 9.59 Å². The zero-order chi connectivity index (χ0) is 23.5. The molecule has 8 heteroatoms. The Morgan fingerprint density at radius 3 is 2.58 bits per heavy atom. The van der Waals surface area contributed by atoms with Gasteiger partial charge in [0.05, 0.1) is 10.6 Å². The Morgan fingerprint density at radius 1 is 1.06 bits per heavy atom. The molecule has 33 heavy (non-hydrogen) atoms. The number of aryl methyl sites for hydroxylation is 1. The van der Waals surface area contributed by atoms with Crippen molar-refractivity contribution in [1.82, 2.24) is 0 Å². The van der Waals surface area contributed by atoms with E-state index in [0.717, 1.165) is 11.1 Å². The van der Waals surface area contributed by atoms with E-state index in [1.807, 2.05) is 32.9 Å². The van der Waals surface area contributed by atoms with Crippen LogP contribution >= 0.6 is 0 Å². The molecule has 1 unspecified atom stereocenters. The van der Waals surface area contributed by atoms with Gasteiger partial charge < -0.3 is 9.47 Å². The van der Waals surface area contributed by atoms with E-state index in [1.165, 1.54) is 12.1 Å². The summed E-state index contributed by atoms with van der Waals surface area (Å²) in [6.07, 6.45) is 0.985. The minimum Gasteiger partial charge on any atom is -0.454 e. The normalized spacial score (nSPS) is 21.3. The van der Waals surface area contributed by atoms with Crippen LogP contribution in [0.2, 0.25) is 0 Å². The predicted molar refractivity (Wildman–Crippen MR) is 120 cm³/mol. The minimum atomic E-state index is -0.474. The van der Waals surface area contributed by atoms with Gasteiger partial charge in [0.15, 0.2) is 17.3 Å². The van der Waals surface area contributed by atoms with Crippen LogP contribution in [-0.4, -0.2) is 23.4 Å². The van der Waals surface area contributed by atoms with Gasteiger partial charge in [0, 0.05) is 42.2 Å². The molecule has 2 aromatic carbocycles. The van der Waals surface area contributed by atoms with E-state index in [-0.39, 0.29) is 36.0 Å². The maximum Gasteiger partial charge on any atom is 0.271 e. The third kappa shape index (κ3) is 3.55. The zero-order valence-electron chi connectivity index (χ0n) is 18.7. The van der Waals surface area contributed by atoms with Gasteiger partial charge in [-0.25, -0.2) is 0 Å². The van der Waals surface area contributed by atoms with Gasteiger partial charge in [-0.2, -0.15) is 0 Å². The van der Waals surface area contributed by atoms with Crippen LogP contribution in [0.1, 0.15) is 50.2 Å². The van der Waals surface area contributed by atoms with Crippen molar-refractivity contribution in [2.24, 2.45) is 5.41 Å². The molecule has 5 rings (SSSR count). The van der Waals surface area contributed by atoms with Gasteiger partial charge in [0.1, 0.15) is 0 Å².